The van der Waals surface area contributed by atoms with E-state index in [9.17, 15) is 0 Å². The highest BCUT2D eigenvalue weighted by Crippen LogP contribution is 2.28. The Hall–Kier alpha value is -1.79. The molecule has 2 aliphatic rings. The Morgan fingerprint density at radius 1 is 1.19 bits per heavy atom. The number of rotatable bonds is 9. The molecule has 3 rings (SSSR count). The SMILES string of the molecule is CN=C(NCCCOCC1CC1)NCc1ccc(N2CCOCC2)cc1. The highest BCUT2D eigenvalue weighted by Gasteiger charge is 2.20. The molecule has 0 unspecified atom stereocenters. The van der Waals surface area contributed by atoms with Gasteiger partial charge >= 0.3 is 0 Å². The molecule has 0 aromatic heterocycles. The summed E-state index contributed by atoms with van der Waals surface area (Å²) >= 11 is 0. The molecule has 0 amide bonds. The fraction of sp³-hybridized carbons (Fsp3) is 0.650. The summed E-state index contributed by atoms with van der Waals surface area (Å²) in [6, 6.07) is 8.74. The molecule has 0 radical (unpaired) electrons. The lowest BCUT2D eigenvalue weighted by Gasteiger charge is -2.28. The second kappa shape index (κ2) is 10.4. The van der Waals surface area contributed by atoms with Gasteiger partial charge in [0.15, 0.2) is 5.96 Å². The van der Waals surface area contributed by atoms with Gasteiger partial charge in [-0.1, -0.05) is 12.1 Å². The van der Waals surface area contributed by atoms with Crippen molar-refractivity contribution in [1.29, 1.82) is 0 Å². The van der Waals surface area contributed by atoms with Crippen molar-refractivity contribution in [1.82, 2.24) is 10.6 Å². The first kappa shape index (κ1) is 19.0. The van der Waals surface area contributed by atoms with Gasteiger partial charge < -0.3 is 25.0 Å². The van der Waals surface area contributed by atoms with Crippen molar-refractivity contribution >= 4 is 11.6 Å². The third-order valence-electron chi connectivity index (χ3n) is 4.80. The second-order valence-corrected chi connectivity index (χ2v) is 6.99. The van der Waals surface area contributed by atoms with Crippen LogP contribution >= 0.6 is 0 Å². The Morgan fingerprint density at radius 2 is 1.96 bits per heavy atom. The molecule has 0 spiro atoms. The normalized spacial score (nSPS) is 18.0. The lowest BCUT2D eigenvalue weighted by Crippen LogP contribution is -2.37. The maximum atomic E-state index is 5.65. The Labute approximate surface area is 157 Å². The number of anilines is 1. The van der Waals surface area contributed by atoms with Crippen LogP contribution in [0.1, 0.15) is 24.8 Å². The maximum Gasteiger partial charge on any atom is 0.191 e. The lowest BCUT2D eigenvalue weighted by atomic mass is 10.2. The topological polar surface area (TPSA) is 58.1 Å². The molecule has 6 heteroatoms. The molecule has 26 heavy (non-hydrogen) atoms. The fourth-order valence-electron chi connectivity index (χ4n) is 2.97. The predicted octanol–water partition coefficient (Wildman–Crippen LogP) is 2.00. The minimum atomic E-state index is 0.765. The van der Waals surface area contributed by atoms with Gasteiger partial charge in [-0.3, -0.25) is 4.99 Å². The third-order valence-corrected chi connectivity index (χ3v) is 4.80. The summed E-state index contributed by atoms with van der Waals surface area (Å²) in [5.74, 6) is 1.68. The molecule has 1 aliphatic carbocycles. The Bertz CT molecular complexity index is 551. The fourth-order valence-corrected chi connectivity index (χ4v) is 2.97. The zero-order valence-corrected chi connectivity index (χ0v) is 15.9. The van der Waals surface area contributed by atoms with Crippen LogP contribution in [0.3, 0.4) is 0 Å². The number of benzene rings is 1. The van der Waals surface area contributed by atoms with Crippen molar-refractivity contribution in [3.8, 4) is 0 Å². The Kier molecular flexibility index (Phi) is 7.58. The van der Waals surface area contributed by atoms with Gasteiger partial charge in [-0.25, -0.2) is 0 Å². The van der Waals surface area contributed by atoms with Crippen LogP contribution in [0.25, 0.3) is 0 Å². The van der Waals surface area contributed by atoms with Gasteiger partial charge in [-0.2, -0.15) is 0 Å². The largest absolute Gasteiger partial charge is 0.381 e. The van der Waals surface area contributed by atoms with E-state index in [2.05, 4.69) is 44.8 Å². The minimum Gasteiger partial charge on any atom is -0.381 e. The zero-order chi connectivity index (χ0) is 18.0. The summed E-state index contributed by atoms with van der Waals surface area (Å²) < 4.78 is 11.1. The molecule has 1 saturated carbocycles. The van der Waals surface area contributed by atoms with E-state index in [4.69, 9.17) is 9.47 Å². The molecule has 1 heterocycles. The molecule has 2 N–H and O–H groups in total. The van der Waals surface area contributed by atoms with Crippen LogP contribution in [0.15, 0.2) is 29.3 Å². The van der Waals surface area contributed by atoms with Crippen molar-refractivity contribution in [2.24, 2.45) is 10.9 Å². The van der Waals surface area contributed by atoms with Crippen molar-refractivity contribution in [3.05, 3.63) is 29.8 Å². The number of ether oxygens (including phenoxy) is 2. The molecular formula is C20H32N4O2. The number of nitrogens with one attached hydrogen (secondary N) is 2. The van der Waals surface area contributed by atoms with Crippen LogP contribution in [-0.2, 0) is 16.0 Å². The highest BCUT2D eigenvalue weighted by molar-refractivity contribution is 5.79. The van der Waals surface area contributed by atoms with Crippen molar-refractivity contribution in [3.63, 3.8) is 0 Å². The van der Waals surface area contributed by atoms with E-state index >= 15 is 0 Å². The molecule has 144 valence electrons. The molecule has 2 fully saturated rings. The number of aliphatic imine (C=N–C) groups is 1. The van der Waals surface area contributed by atoms with Crippen LogP contribution in [0.4, 0.5) is 5.69 Å². The second-order valence-electron chi connectivity index (χ2n) is 6.99. The Balaban J connectivity index is 1.32. The van der Waals surface area contributed by atoms with Gasteiger partial charge in [-0.15, -0.1) is 0 Å². The van der Waals surface area contributed by atoms with Gasteiger partial charge in [0.2, 0.25) is 0 Å². The van der Waals surface area contributed by atoms with E-state index in [0.29, 0.717) is 0 Å². The average molecular weight is 361 g/mol. The van der Waals surface area contributed by atoms with Crippen LogP contribution in [0.2, 0.25) is 0 Å². The highest BCUT2D eigenvalue weighted by atomic mass is 16.5. The first-order chi connectivity index (χ1) is 12.8. The standard InChI is InChI=1S/C20H32N4O2/c1-21-20(22-9-2-12-26-16-18-3-4-18)23-15-17-5-7-19(8-6-17)24-10-13-25-14-11-24/h5-8,18H,2-4,9-16H2,1H3,(H2,21,22,23). The summed E-state index contributed by atoms with van der Waals surface area (Å²) in [4.78, 5) is 6.65. The summed E-state index contributed by atoms with van der Waals surface area (Å²) in [6.07, 6.45) is 3.70. The molecule has 1 saturated heterocycles. The third kappa shape index (κ3) is 6.50. The van der Waals surface area contributed by atoms with Gasteiger partial charge in [0.25, 0.3) is 0 Å². The quantitative estimate of drug-likeness (QED) is 0.401. The van der Waals surface area contributed by atoms with Gasteiger partial charge in [0.05, 0.1) is 13.2 Å². The van der Waals surface area contributed by atoms with E-state index in [1.165, 1.54) is 24.1 Å². The minimum absolute atomic E-state index is 0.765. The monoisotopic (exact) mass is 360 g/mol. The Morgan fingerprint density at radius 3 is 2.65 bits per heavy atom. The predicted molar refractivity (Wildman–Crippen MR) is 106 cm³/mol. The number of hydrogen-bond donors (Lipinski definition) is 2. The first-order valence-corrected chi connectivity index (χ1v) is 9.79. The number of guanidine groups is 1. The zero-order valence-electron chi connectivity index (χ0n) is 15.9. The van der Waals surface area contributed by atoms with Gasteiger partial charge in [0.1, 0.15) is 0 Å². The molecule has 0 atom stereocenters. The van der Waals surface area contributed by atoms with E-state index in [1.54, 1.807) is 7.05 Å². The smallest absolute Gasteiger partial charge is 0.191 e. The molecule has 0 bridgehead atoms. The van der Waals surface area contributed by atoms with E-state index in [0.717, 1.165) is 70.9 Å². The van der Waals surface area contributed by atoms with E-state index in [-0.39, 0.29) is 0 Å². The molecular weight excluding hydrogens is 328 g/mol. The van der Waals surface area contributed by atoms with Crippen LogP contribution in [0, 0.1) is 5.92 Å². The van der Waals surface area contributed by atoms with Crippen LogP contribution in [-0.4, -0.2) is 59.1 Å². The molecule has 1 aliphatic heterocycles. The van der Waals surface area contributed by atoms with Crippen LogP contribution < -0.4 is 15.5 Å². The molecule has 6 nitrogen and oxygen atoms in total. The average Bonchev–Trinajstić information content (AvgIpc) is 3.52. The summed E-state index contributed by atoms with van der Waals surface area (Å²) in [5.41, 5.74) is 2.52. The number of hydrogen-bond acceptors (Lipinski definition) is 4. The molecule has 1 aromatic rings. The van der Waals surface area contributed by atoms with Crippen LogP contribution in [0.5, 0.6) is 0 Å². The van der Waals surface area contributed by atoms with E-state index < -0.39 is 0 Å². The number of nitrogens with zero attached hydrogens (tertiary/aromatic N) is 2. The summed E-state index contributed by atoms with van der Waals surface area (Å²) in [7, 11) is 1.81. The first-order valence-electron chi connectivity index (χ1n) is 9.79. The molecule has 1 aromatic carbocycles. The van der Waals surface area contributed by atoms with Crippen molar-refractivity contribution in [2.45, 2.75) is 25.8 Å². The maximum absolute atomic E-state index is 5.65. The van der Waals surface area contributed by atoms with E-state index in [1.807, 2.05) is 0 Å². The number of morpholine rings is 1. The lowest BCUT2D eigenvalue weighted by molar-refractivity contribution is 0.122. The van der Waals surface area contributed by atoms with Crippen molar-refractivity contribution in [2.75, 3.05) is 58.0 Å². The van der Waals surface area contributed by atoms with Gasteiger partial charge in [-0.05, 0) is 42.9 Å². The summed E-state index contributed by atoms with van der Waals surface area (Å²) in [6.45, 7) is 6.98. The van der Waals surface area contributed by atoms with Crippen molar-refractivity contribution < 1.29 is 9.47 Å². The van der Waals surface area contributed by atoms with Gasteiger partial charge in [0, 0.05) is 52.1 Å². The summed E-state index contributed by atoms with van der Waals surface area (Å²) in [5, 5.41) is 6.71.